The van der Waals surface area contributed by atoms with E-state index in [0.717, 1.165) is 6.42 Å². The maximum atomic E-state index is 13.0. The minimum Gasteiger partial charge on any atom is -0.347 e. The summed E-state index contributed by atoms with van der Waals surface area (Å²) in [6, 6.07) is 12.8. The highest BCUT2D eigenvalue weighted by Gasteiger charge is 2.39. The number of sulfonamides is 1. The van der Waals surface area contributed by atoms with Gasteiger partial charge in [-0.15, -0.1) is 4.40 Å². The fourth-order valence-electron chi connectivity index (χ4n) is 3.93. The zero-order valence-electron chi connectivity index (χ0n) is 18.3. The molecule has 4 rings (SSSR count). The first-order valence-electron chi connectivity index (χ1n) is 10.5. The fourth-order valence-corrected chi connectivity index (χ4v) is 5.15. The summed E-state index contributed by atoms with van der Waals surface area (Å²) in [7, 11) is -3.75. The SMILES string of the molecule is CC(C)(C)NC(=O)c1ccc(NC(=O)[C@@H]2CCCN2C2=NS(=O)(=O)c3ccccc32)cc1. The van der Waals surface area contributed by atoms with E-state index in [1.54, 1.807) is 47.4 Å². The molecule has 32 heavy (non-hydrogen) atoms. The molecular weight excluding hydrogens is 428 g/mol. The van der Waals surface area contributed by atoms with Crippen LogP contribution in [0.25, 0.3) is 0 Å². The summed E-state index contributed by atoms with van der Waals surface area (Å²) >= 11 is 0. The lowest BCUT2D eigenvalue weighted by molar-refractivity contribution is -0.119. The number of likely N-dealkylation sites (tertiary alicyclic amines) is 1. The predicted molar refractivity (Wildman–Crippen MR) is 122 cm³/mol. The number of hydrogen-bond acceptors (Lipinski definition) is 5. The lowest BCUT2D eigenvalue weighted by Gasteiger charge is -2.25. The predicted octanol–water partition coefficient (Wildman–Crippen LogP) is 2.77. The molecule has 2 N–H and O–H groups in total. The highest BCUT2D eigenvalue weighted by molar-refractivity contribution is 7.90. The number of fused-ring (bicyclic) bond motifs is 1. The van der Waals surface area contributed by atoms with Gasteiger partial charge in [0.25, 0.3) is 15.9 Å². The summed E-state index contributed by atoms with van der Waals surface area (Å²) in [4.78, 5) is 27.2. The highest BCUT2D eigenvalue weighted by Crippen LogP contribution is 2.31. The molecular formula is C23H26N4O4S. The zero-order chi connectivity index (χ0) is 23.1. The molecule has 0 unspecified atom stereocenters. The van der Waals surface area contributed by atoms with Gasteiger partial charge in [0, 0.05) is 28.9 Å². The Morgan fingerprint density at radius 2 is 1.75 bits per heavy atom. The molecule has 0 bridgehead atoms. The van der Waals surface area contributed by atoms with Crippen molar-refractivity contribution in [2.75, 3.05) is 11.9 Å². The van der Waals surface area contributed by atoms with Gasteiger partial charge in [-0.2, -0.15) is 8.42 Å². The second-order valence-corrected chi connectivity index (χ2v) is 10.6. The molecule has 0 saturated carbocycles. The van der Waals surface area contributed by atoms with Crippen LogP contribution in [0.4, 0.5) is 5.69 Å². The summed E-state index contributed by atoms with van der Waals surface area (Å²) in [5.74, 6) is -0.0946. The summed E-state index contributed by atoms with van der Waals surface area (Å²) in [5.41, 5.74) is 1.25. The maximum Gasteiger partial charge on any atom is 0.285 e. The summed E-state index contributed by atoms with van der Waals surface area (Å²) in [5, 5.41) is 5.78. The number of benzene rings is 2. The van der Waals surface area contributed by atoms with Crippen molar-refractivity contribution in [1.29, 1.82) is 0 Å². The number of carbonyl (C=O) groups excluding carboxylic acids is 2. The second kappa shape index (κ2) is 8.05. The molecule has 0 spiro atoms. The Morgan fingerprint density at radius 1 is 1.06 bits per heavy atom. The molecule has 1 fully saturated rings. The molecule has 8 nitrogen and oxygen atoms in total. The lowest BCUT2D eigenvalue weighted by atomic mass is 10.1. The van der Waals surface area contributed by atoms with Crippen LogP contribution in [0, 0.1) is 0 Å². The number of hydrogen-bond donors (Lipinski definition) is 2. The van der Waals surface area contributed by atoms with Crippen molar-refractivity contribution in [3.05, 3.63) is 59.7 Å². The molecule has 2 aliphatic rings. The average Bonchev–Trinajstić information content (AvgIpc) is 3.30. The van der Waals surface area contributed by atoms with Crippen molar-refractivity contribution in [2.45, 2.75) is 50.1 Å². The minimum atomic E-state index is -3.75. The third-order valence-electron chi connectivity index (χ3n) is 5.34. The smallest absolute Gasteiger partial charge is 0.285 e. The van der Waals surface area contributed by atoms with E-state index in [0.29, 0.717) is 35.6 Å². The third kappa shape index (κ3) is 4.38. The van der Waals surface area contributed by atoms with Crippen molar-refractivity contribution < 1.29 is 18.0 Å². The molecule has 1 saturated heterocycles. The number of nitrogens with one attached hydrogen (secondary N) is 2. The van der Waals surface area contributed by atoms with Crippen LogP contribution in [0.2, 0.25) is 0 Å². The van der Waals surface area contributed by atoms with E-state index in [1.165, 1.54) is 6.07 Å². The number of nitrogens with zero attached hydrogens (tertiary/aromatic N) is 2. The van der Waals surface area contributed by atoms with Gasteiger partial charge in [0.1, 0.15) is 10.9 Å². The van der Waals surface area contributed by atoms with Crippen LogP contribution >= 0.6 is 0 Å². The van der Waals surface area contributed by atoms with Crippen LogP contribution < -0.4 is 10.6 Å². The van der Waals surface area contributed by atoms with Crippen LogP contribution in [0.5, 0.6) is 0 Å². The van der Waals surface area contributed by atoms with Crippen LogP contribution in [0.3, 0.4) is 0 Å². The Kier molecular flexibility index (Phi) is 5.54. The van der Waals surface area contributed by atoms with Crippen LogP contribution in [0.15, 0.2) is 57.8 Å². The number of amidine groups is 1. The molecule has 2 aromatic carbocycles. The molecule has 1 atom stereocenters. The number of carbonyl (C=O) groups is 2. The largest absolute Gasteiger partial charge is 0.347 e. The lowest BCUT2D eigenvalue weighted by Crippen LogP contribution is -2.43. The average molecular weight is 455 g/mol. The van der Waals surface area contributed by atoms with Crippen molar-refractivity contribution >= 4 is 33.4 Å². The first-order valence-corrected chi connectivity index (χ1v) is 11.9. The zero-order valence-corrected chi connectivity index (χ0v) is 19.1. The van der Waals surface area contributed by atoms with E-state index in [9.17, 15) is 18.0 Å². The first-order chi connectivity index (χ1) is 15.0. The van der Waals surface area contributed by atoms with Crippen LogP contribution in [-0.2, 0) is 14.8 Å². The normalized spacial score (nSPS) is 19.3. The van der Waals surface area contributed by atoms with E-state index < -0.39 is 16.1 Å². The fraction of sp³-hybridized carbons (Fsp3) is 0.348. The van der Waals surface area contributed by atoms with Gasteiger partial charge in [0.2, 0.25) is 5.91 Å². The van der Waals surface area contributed by atoms with Crippen LogP contribution in [-0.4, -0.2) is 49.1 Å². The van der Waals surface area contributed by atoms with E-state index in [-0.39, 0.29) is 22.2 Å². The summed E-state index contributed by atoms with van der Waals surface area (Å²) < 4.78 is 28.8. The monoisotopic (exact) mass is 454 g/mol. The standard InChI is InChI=1S/C23H26N4O4S/c1-23(2,3)25-21(28)15-10-12-16(13-11-15)24-22(29)18-8-6-14-27(18)20-17-7-4-5-9-19(17)32(30,31)26-20/h4-5,7,9-13,18H,6,8,14H2,1-3H3,(H,24,29)(H,25,28)/t18-/m0/s1. The van der Waals surface area contributed by atoms with Gasteiger partial charge in [-0.25, -0.2) is 0 Å². The Morgan fingerprint density at radius 3 is 2.44 bits per heavy atom. The van der Waals surface area contributed by atoms with E-state index >= 15 is 0 Å². The Bertz CT molecular complexity index is 1200. The van der Waals surface area contributed by atoms with E-state index in [2.05, 4.69) is 15.0 Å². The summed E-state index contributed by atoms with van der Waals surface area (Å²) in [6.07, 6.45) is 1.35. The first kappa shape index (κ1) is 22.0. The number of amides is 2. The molecule has 2 aliphatic heterocycles. The molecule has 0 aromatic heterocycles. The highest BCUT2D eigenvalue weighted by atomic mass is 32.2. The Labute approximate surface area is 187 Å². The maximum absolute atomic E-state index is 13.0. The quantitative estimate of drug-likeness (QED) is 0.742. The van der Waals surface area contributed by atoms with Crippen molar-refractivity contribution in [3.8, 4) is 0 Å². The molecule has 2 heterocycles. The number of rotatable bonds is 3. The Balaban J connectivity index is 1.49. The molecule has 0 radical (unpaired) electrons. The minimum absolute atomic E-state index is 0.171. The third-order valence-corrected chi connectivity index (χ3v) is 6.67. The topological polar surface area (TPSA) is 108 Å². The van der Waals surface area contributed by atoms with Gasteiger partial charge in [-0.3, -0.25) is 9.59 Å². The molecule has 9 heteroatoms. The molecule has 2 amide bonds. The second-order valence-electron chi connectivity index (χ2n) is 9.01. The van der Waals surface area contributed by atoms with Crippen molar-refractivity contribution in [1.82, 2.24) is 10.2 Å². The van der Waals surface area contributed by atoms with Gasteiger partial charge in [0.15, 0.2) is 5.84 Å². The van der Waals surface area contributed by atoms with Gasteiger partial charge >= 0.3 is 0 Å². The van der Waals surface area contributed by atoms with Gasteiger partial charge in [0.05, 0.1) is 0 Å². The Hall–Kier alpha value is -3.20. The van der Waals surface area contributed by atoms with Gasteiger partial charge in [-0.05, 0) is 70.0 Å². The van der Waals surface area contributed by atoms with Gasteiger partial charge < -0.3 is 15.5 Å². The molecule has 168 valence electrons. The molecule has 2 aromatic rings. The van der Waals surface area contributed by atoms with E-state index in [4.69, 9.17) is 0 Å². The van der Waals surface area contributed by atoms with Crippen molar-refractivity contribution in [3.63, 3.8) is 0 Å². The number of anilines is 1. The summed E-state index contributed by atoms with van der Waals surface area (Å²) in [6.45, 7) is 6.27. The van der Waals surface area contributed by atoms with Gasteiger partial charge in [-0.1, -0.05) is 12.1 Å². The van der Waals surface area contributed by atoms with E-state index in [1.807, 2.05) is 20.8 Å². The van der Waals surface area contributed by atoms with Crippen LogP contribution in [0.1, 0.15) is 49.5 Å². The molecule has 0 aliphatic carbocycles. The van der Waals surface area contributed by atoms with Crippen molar-refractivity contribution in [2.24, 2.45) is 4.40 Å².